The van der Waals surface area contributed by atoms with Crippen molar-refractivity contribution >= 4 is 21.8 Å². The van der Waals surface area contributed by atoms with Crippen LogP contribution in [0.2, 0.25) is 0 Å². The molecule has 5 nitrogen and oxygen atoms in total. The summed E-state index contributed by atoms with van der Waals surface area (Å²) in [5.74, 6) is 0.530. The number of carbonyl (C=O) groups is 1. The molecular weight excluding hydrogens is 348 g/mol. The summed E-state index contributed by atoms with van der Waals surface area (Å²) in [5.41, 5.74) is 0.986. The van der Waals surface area contributed by atoms with Crippen molar-refractivity contribution in [1.29, 1.82) is 0 Å². The monoisotopic (exact) mass is 362 g/mol. The van der Waals surface area contributed by atoms with E-state index in [0.717, 1.165) is 5.56 Å². The predicted molar refractivity (Wildman–Crippen MR) is 84.5 cm³/mol. The van der Waals surface area contributed by atoms with E-state index in [1.165, 1.54) is 0 Å². The van der Waals surface area contributed by atoms with Crippen LogP contribution in [0.25, 0.3) is 0 Å². The van der Waals surface area contributed by atoms with Gasteiger partial charge in [0.2, 0.25) is 5.91 Å². The maximum absolute atomic E-state index is 11.3. The van der Waals surface area contributed by atoms with E-state index in [4.69, 9.17) is 9.47 Å². The third-order valence-corrected chi connectivity index (χ3v) is 3.97. The first-order chi connectivity index (χ1) is 10.7. The molecule has 3 rings (SSSR count). The van der Waals surface area contributed by atoms with Gasteiger partial charge < -0.3 is 14.8 Å². The van der Waals surface area contributed by atoms with Crippen LogP contribution in [0.1, 0.15) is 11.7 Å². The number of halogens is 1. The standard InChI is InChI=1S/C16H15BrN2O3/c17-16-12(7-4-8-18-16)22-15(11-5-2-1-3-6-11)13-9-19-14(20)10-21-13/h1-8,13,15H,9-10H2,(H,19,20)/t13-,15-/m0/s1. The summed E-state index contributed by atoms with van der Waals surface area (Å²) < 4.78 is 12.4. The van der Waals surface area contributed by atoms with Gasteiger partial charge in [-0.25, -0.2) is 4.98 Å². The number of morpholine rings is 1. The lowest BCUT2D eigenvalue weighted by molar-refractivity contribution is -0.137. The van der Waals surface area contributed by atoms with Crippen LogP contribution in [0.5, 0.6) is 5.75 Å². The van der Waals surface area contributed by atoms with Crippen molar-refractivity contribution in [1.82, 2.24) is 10.3 Å². The summed E-state index contributed by atoms with van der Waals surface area (Å²) in [6.45, 7) is 0.460. The Kier molecular flexibility index (Phi) is 4.70. The molecule has 22 heavy (non-hydrogen) atoms. The summed E-state index contributed by atoms with van der Waals surface area (Å²) in [6.07, 6.45) is 1.10. The molecule has 1 aromatic carbocycles. The Labute approximate surface area is 136 Å². The van der Waals surface area contributed by atoms with Crippen LogP contribution in [0.15, 0.2) is 53.3 Å². The molecule has 2 heterocycles. The molecule has 1 saturated heterocycles. The lowest BCUT2D eigenvalue weighted by Gasteiger charge is -2.31. The number of rotatable bonds is 4. The molecule has 0 unspecified atom stereocenters. The minimum atomic E-state index is -0.331. The summed E-state index contributed by atoms with van der Waals surface area (Å²) in [7, 11) is 0. The third kappa shape index (κ3) is 3.45. The minimum absolute atomic E-state index is 0.0472. The highest BCUT2D eigenvalue weighted by atomic mass is 79.9. The topological polar surface area (TPSA) is 60.5 Å². The third-order valence-electron chi connectivity index (χ3n) is 3.37. The zero-order valence-corrected chi connectivity index (χ0v) is 13.3. The van der Waals surface area contributed by atoms with Crippen LogP contribution in [-0.2, 0) is 9.53 Å². The maximum atomic E-state index is 11.3. The highest BCUT2D eigenvalue weighted by Crippen LogP contribution is 2.30. The van der Waals surface area contributed by atoms with Crippen molar-refractivity contribution in [2.24, 2.45) is 0 Å². The number of nitrogens with zero attached hydrogens (tertiary/aromatic N) is 1. The Morgan fingerprint density at radius 3 is 2.77 bits per heavy atom. The van der Waals surface area contributed by atoms with Gasteiger partial charge in [0.25, 0.3) is 0 Å². The van der Waals surface area contributed by atoms with E-state index >= 15 is 0 Å². The highest BCUT2D eigenvalue weighted by Gasteiger charge is 2.30. The fraction of sp³-hybridized carbons (Fsp3) is 0.250. The van der Waals surface area contributed by atoms with E-state index in [9.17, 15) is 4.79 Å². The quantitative estimate of drug-likeness (QED) is 0.848. The van der Waals surface area contributed by atoms with Crippen LogP contribution in [0.4, 0.5) is 0 Å². The van der Waals surface area contributed by atoms with Gasteiger partial charge in [0.15, 0.2) is 11.9 Å². The molecule has 2 atom stereocenters. The molecule has 0 aliphatic carbocycles. The van der Waals surface area contributed by atoms with Crippen LogP contribution in [0, 0.1) is 0 Å². The van der Waals surface area contributed by atoms with Crippen LogP contribution in [0.3, 0.4) is 0 Å². The van der Waals surface area contributed by atoms with E-state index in [2.05, 4.69) is 26.2 Å². The van der Waals surface area contributed by atoms with E-state index in [-0.39, 0.29) is 24.7 Å². The fourth-order valence-corrected chi connectivity index (χ4v) is 2.64. The Bertz CT molecular complexity index is 641. The van der Waals surface area contributed by atoms with Crippen LogP contribution >= 0.6 is 15.9 Å². The van der Waals surface area contributed by atoms with Crippen molar-refractivity contribution in [3.05, 3.63) is 58.8 Å². The van der Waals surface area contributed by atoms with Gasteiger partial charge in [-0.1, -0.05) is 30.3 Å². The normalized spacial score (nSPS) is 19.3. The molecule has 0 radical (unpaired) electrons. The van der Waals surface area contributed by atoms with E-state index in [1.54, 1.807) is 6.20 Å². The van der Waals surface area contributed by atoms with Crippen molar-refractivity contribution < 1.29 is 14.3 Å². The molecule has 114 valence electrons. The highest BCUT2D eigenvalue weighted by molar-refractivity contribution is 9.10. The first kappa shape index (κ1) is 15.0. The van der Waals surface area contributed by atoms with Gasteiger partial charge in [-0.2, -0.15) is 0 Å². The van der Waals surface area contributed by atoms with Gasteiger partial charge in [0.1, 0.15) is 17.3 Å². The number of carbonyl (C=O) groups excluding carboxylic acids is 1. The SMILES string of the molecule is O=C1CO[C@H]([C@@H](Oc2cccnc2Br)c2ccccc2)CN1. The molecule has 0 saturated carbocycles. The first-order valence-electron chi connectivity index (χ1n) is 6.94. The first-order valence-corrected chi connectivity index (χ1v) is 7.74. The Morgan fingerprint density at radius 2 is 2.09 bits per heavy atom. The van der Waals surface area contributed by atoms with Crippen molar-refractivity contribution in [2.45, 2.75) is 12.2 Å². The number of ether oxygens (including phenoxy) is 2. The molecule has 1 N–H and O–H groups in total. The molecule has 1 aliphatic heterocycles. The number of amides is 1. The zero-order chi connectivity index (χ0) is 15.4. The largest absolute Gasteiger partial charge is 0.480 e. The van der Waals surface area contributed by atoms with E-state index in [0.29, 0.717) is 16.9 Å². The smallest absolute Gasteiger partial charge is 0.246 e. The second kappa shape index (κ2) is 6.89. The van der Waals surface area contributed by atoms with Gasteiger partial charge in [-0.3, -0.25) is 4.79 Å². The summed E-state index contributed by atoms with van der Waals surface area (Å²) in [4.78, 5) is 15.4. The number of aromatic nitrogens is 1. The molecule has 0 bridgehead atoms. The zero-order valence-electron chi connectivity index (χ0n) is 11.7. The van der Waals surface area contributed by atoms with Gasteiger partial charge >= 0.3 is 0 Å². The number of hydrogen-bond acceptors (Lipinski definition) is 4. The number of pyridine rings is 1. The van der Waals surface area contributed by atoms with Gasteiger partial charge in [-0.15, -0.1) is 0 Å². The van der Waals surface area contributed by atoms with E-state index < -0.39 is 0 Å². The Hall–Kier alpha value is -1.92. The summed E-state index contributed by atoms with van der Waals surface area (Å²) in [6, 6.07) is 13.5. The van der Waals surface area contributed by atoms with E-state index in [1.807, 2.05) is 42.5 Å². The Morgan fingerprint density at radius 1 is 1.27 bits per heavy atom. The molecular formula is C16H15BrN2O3. The summed E-state index contributed by atoms with van der Waals surface area (Å²) in [5, 5.41) is 2.81. The average Bonchev–Trinajstić information content (AvgIpc) is 2.56. The van der Waals surface area contributed by atoms with Crippen molar-refractivity contribution in [3.63, 3.8) is 0 Å². The molecule has 1 fully saturated rings. The average molecular weight is 363 g/mol. The molecule has 1 aromatic heterocycles. The molecule has 0 spiro atoms. The number of nitrogens with one attached hydrogen (secondary N) is 1. The maximum Gasteiger partial charge on any atom is 0.246 e. The predicted octanol–water partition coefficient (Wildman–Crippen LogP) is 2.48. The fourth-order valence-electron chi connectivity index (χ4n) is 2.30. The molecule has 6 heteroatoms. The molecule has 2 aromatic rings. The molecule has 1 aliphatic rings. The van der Waals surface area contributed by atoms with Crippen molar-refractivity contribution in [2.75, 3.05) is 13.2 Å². The van der Waals surface area contributed by atoms with Crippen LogP contribution in [-0.4, -0.2) is 30.1 Å². The molecule has 1 amide bonds. The lowest BCUT2D eigenvalue weighted by atomic mass is 10.0. The van der Waals surface area contributed by atoms with Gasteiger partial charge in [0.05, 0.1) is 0 Å². The van der Waals surface area contributed by atoms with Crippen molar-refractivity contribution in [3.8, 4) is 5.75 Å². The van der Waals surface area contributed by atoms with Gasteiger partial charge in [0, 0.05) is 12.7 Å². The van der Waals surface area contributed by atoms with Crippen LogP contribution < -0.4 is 10.1 Å². The second-order valence-corrected chi connectivity index (χ2v) is 5.65. The lowest BCUT2D eigenvalue weighted by Crippen LogP contribution is -2.46. The van der Waals surface area contributed by atoms with Gasteiger partial charge in [-0.05, 0) is 33.6 Å². The number of hydrogen-bond donors (Lipinski definition) is 1. The minimum Gasteiger partial charge on any atom is -0.480 e. The summed E-state index contributed by atoms with van der Waals surface area (Å²) >= 11 is 3.38. The number of benzene rings is 1. The Balaban J connectivity index is 1.86. The second-order valence-electron chi connectivity index (χ2n) is 4.90.